The van der Waals surface area contributed by atoms with E-state index in [4.69, 9.17) is 4.74 Å². The average Bonchev–Trinajstić information content (AvgIpc) is 2.48. The van der Waals surface area contributed by atoms with Crippen molar-refractivity contribution < 1.29 is 9.84 Å². The van der Waals surface area contributed by atoms with Gasteiger partial charge >= 0.3 is 0 Å². The molecule has 0 spiro atoms. The molecule has 1 unspecified atom stereocenters. The van der Waals surface area contributed by atoms with Gasteiger partial charge in [0.1, 0.15) is 0 Å². The van der Waals surface area contributed by atoms with Crippen LogP contribution in [0, 0.1) is 5.92 Å². The van der Waals surface area contributed by atoms with Gasteiger partial charge in [0.25, 0.3) is 0 Å². The van der Waals surface area contributed by atoms with E-state index < -0.39 is 0 Å². The molecule has 104 valence electrons. The molecule has 0 amide bonds. The van der Waals surface area contributed by atoms with Gasteiger partial charge in [0, 0.05) is 13.2 Å². The molecule has 2 aliphatic heterocycles. The van der Waals surface area contributed by atoms with Gasteiger partial charge < -0.3 is 14.7 Å². The fourth-order valence-electron chi connectivity index (χ4n) is 3.21. The van der Waals surface area contributed by atoms with E-state index in [1.54, 1.807) is 0 Å². The van der Waals surface area contributed by atoms with Gasteiger partial charge in [-0.1, -0.05) is 24.3 Å². The van der Waals surface area contributed by atoms with Crippen molar-refractivity contribution in [2.75, 3.05) is 32.8 Å². The van der Waals surface area contributed by atoms with Crippen molar-refractivity contribution in [1.29, 1.82) is 0 Å². The summed E-state index contributed by atoms with van der Waals surface area (Å²) in [5.41, 5.74) is 2.82. The lowest BCUT2D eigenvalue weighted by Crippen LogP contribution is -2.38. The number of nitrogens with zero attached hydrogens (tertiary/aromatic N) is 1. The average molecular weight is 261 g/mol. The highest BCUT2D eigenvalue weighted by Gasteiger charge is 2.25. The fraction of sp³-hybridized carbons (Fsp3) is 0.625. The Morgan fingerprint density at radius 1 is 1.21 bits per heavy atom. The van der Waals surface area contributed by atoms with Crippen LogP contribution in [-0.2, 0) is 11.2 Å². The van der Waals surface area contributed by atoms with Crippen molar-refractivity contribution in [1.82, 2.24) is 4.90 Å². The highest BCUT2D eigenvalue weighted by atomic mass is 16.5. The van der Waals surface area contributed by atoms with Crippen molar-refractivity contribution in [3.8, 4) is 0 Å². The van der Waals surface area contributed by atoms with E-state index in [-0.39, 0.29) is 6.10 Å². The zero-order valence-corrected chi connectivity index (χ0v) is 11.4. The first-order valence-corrected chi connectivity index (χ1v) is 7.39. The minimum atomic E-state index is 0.232. The third-order valence-electron chi connectivity index (χ3n) is 4.48. The summed E-state index contributed by atoms with van der Waals surface area (Å²) >= 11 is 0. The zero-order chi connectivity index (χ0) is 13.1. The molecule has 1 aromatic rings. The predicted octanol–water partition coefficient (Wildman–Crippen LogP) is 2.00. The molecule has 2 aliphatic rings. The van der Waals surface area contributed by atoms with Gasteiger partial charge in [-0.25, -0.2) is 0 Å². The van der Waals surface area contributed by atoms with E-state index in [1.807, 2.05) is 0 Å². The Morgan fingerprint density at radius 2 is 2.00 bits per heavy atom. The number of rotatable bonds is 3. The maximum atomic E-state index is 9.19. The van der Waals surface area contributed by atoms with Crippen molar-refractivity contribution >= 4 is 0 Å². The van der Waals surface area contributed by atoms with Gasteiger partial charge in [-0.05, 0) is 49.4 Å². The number of hydrogen-bond donors (Lipinski definition) is 1. The number of piperidine rings is 1. The topological polar surface area (TPSA) is 32.7 Å². The van der Waals surface area contributed by atoms with Crippen LogP contribution >= 0.6 is 0 Å². The number of ether oxygens (including phenoxy) is 1. The molecule has 1 fully saturated rings. The Morgan fingerprint density at radius 3 is 2.79 bits per heavy atom. The van der Waals surface area contributed by atoms with Gasteiger partial charge in [-0.2, -0.15) is 0 Å². The van der Waals surface area contributed by atoms with Crippen LogP contribution in [-0.4, -0.2) is 42.9 Å². The predicted molar refractivity (Wildman–Crippen MR) is 75.1 cm³/mol. The van der Waals surface area contributed by atoms with Crippen molar-refractivity contribution in [3.05, 3.63) is 35.4 Å². The molecule has 1 saturated heterocycles. The Balaban J connectivity index is 1.62. The van der Waals surface area contributed by atoms with E-state index in [0.717, 1.165) is 45.5 Å². The second-order valence-electron chi connectivity index (χ2n) is 5.73. The minimum absolute atomic E-state index is 0.232. The molecule has 0 bridgehead atoms. The molecule has 2 heterocycles. The SMILES string of the molecule is OCC1CCN(CC2OCCc3ccccc32)CC1. The van der Waals surface area contributed by atoms with Gasteiger partial charge in [-0.3, -0.25) is 0 Å². The number of benzene rings is 1. The lowest BCUT2D eigenvalue weighted by molar-refractivity contribution is 0.00618. The van der Waals surface area contributed by atoms with Crippen LogP contribution < -0.4 is 0 Å². The fourth-order valence-corrected chi connectivity index (χ4v) is 3.21. The maximum Gasteiger partial charge on any atom is 0.0954 e. The summed E-state index contributed by atoms with van der Waals surface area (Å²) < 4.78 is 5.97. The minimum Gasteiger partial charge on any atom is -0.396 e. The molecule has 1 N–H and O–H groups in total. The second kappa shape index (κ2) is 6.04. The monoisotopic (exact) mass is 261 g/mol. The van der Waals surface area contributed by atoms with Crippen LogP contribution in [0.3, 0.4) is 0 Å². The normalized spacial score (nSPS) is 25.2. The molecular weight excluding hydrogens is 238 g/mol. The first kappa shape index (κ1) is 13.1. The smallest absolute Gasteiger partial charge is 0.0954 e. The number of fused-ring (bicyclic) bond motifs is 1. The van der Waals surface area contributed by atoms with E-state index in [1.165, 1.54) is 11.1 Å². The number of likely N-dealkylation sites (tertiary alicyclic amines) is 1. The molecule has 0 saturated carbocycles. The zero-order valence-electron chi connectivity index (χ0n) is 11.4. The lowest BCUT2D eigenvalue weighted by Gasteiger charge is -2.35. The quantitative estimate of drug-likeness (QED) is 0.903. The Kier molecular flexibility index (Phi) is 4.16. The summed E-state index contributed by atoms with van der Waals surface area (Å²) in [5.74, 6) is 0.510. The summed E-state index contributed by atoms with van der Waals surface area (Å²) in [4.78, 5) is 2.49. The van der Waals surface area contributed by atoms with E-state index >= 15 is 0 Å². The number of aliphatic hydroxyl groups excluding tert-OH is 1. The van der Waals surface area contributed by atoms with E-state index in [9.17, 15) is 5.11 Å². The number of aliphatic hydroxyl groups is 1. The lowest BCUT2D eigenvalue weighted by atomic mass is 9.95. The Hall–Kier alpha value is -0.900. The molecule has 0 aliphatic carbocycles. The third-order valence-corrected chi connectivity index (χ3v) is 4.48. The molecule has 3 nitrogen and oxygen atoms in total. The Labute approximate surface area is 115 Å². The van der Waals surface area contributed by atoms with E-state index in [0.29, 0.717) is 12.5 Å². The van der Waals surface area contributed by atoms with Crippen molar-refractivity contribution in [3.63, 3.8) is 0 Å². The molecule has 19 heavy (non-hydrogen) atoms. The van der Waals surface area contributed by atoms with Crippen LogP contribution in [0.4, 0.5) is 0 Å². The van der Waals surface area contributed by atoms with Crippen LogP contribution in [0.15, 0.2) is 24.3 Å². The second-order valence-corrected chi connectivity index (χ2v) is 5.73. The highest BCUT2D eigenvalue weighted by molar-refractivity contribution is 5.31. The molecule has 3 heteroatoms. The molecule has 3 rings (SSSR count). The van der Waals surface area contributed by atoms with Gasteiger partial charge in [-0.15, -0.1) is 0 Å². The van der Waals surface area contributed by atoms with Crippen molar-refractivity contribution in [2.45, 2.75) is 25.4 Å². The summed E-state index contributed by atoms with van der Waals surface area (Å²) in [6, 6.07) is 8.66. The van der Waals surface area contributed by atoms with Crippen LogP contribution in [0.2, 0.25) is 0 Å². The molecule has 0 aromatic heterocycles. The number of hydrogen-bond acceptors (Lipinski definition) is 3. The van der Waals surface area contributed by atoms with Crippen LogP contribution in [0.1, 0.15) is 30.1 Å². The first-order valence-electron chi connectivity index (χ1n) is 7.39. The molecule has 1 atom stereocenters. The van der Waals surface area contributed by atoms with Crippen LogP contribution in [0.25, 0.3) is 0 Å². The molecular formula is C16H23NO2. The maximum absolute atomic E-state index is 9.19. The van der Waals surface area contributed by atoms with Crippen molar-refractivity contribution in [2.24, 2.45) is 5.92 Å². The molecule has 0 radical (unpaired) electrons. The standard InChI is InChI=1S/C16H23NO2/c18-12-13-5-8-17(9-6-13)11-16-15-4-2-1-3-14(15)7-10-19-16/h1-4,13,16,18H,5-12H2. The summed E-state index contributed by atoms with van der Waals surface area (Å²) in [6.07, 6.45) is 3.50. The first-order chi connectivity index (χ1) is 9.36. The van der Waals surface area contributed by atoms with Crippen LogP contribution in [0.5, 0.6) is 0 Å². The third kappa shape index (κ3) is 2.99. The Bertz CT molecular complexity index is 413. The highest BCUT2D eigenvalue weighted by Crippen LogP contribution is 2.28. The molecule has 1 aromatic carbocycles. The van der Waals surface area contributed by atoms with Gasteiger partial charge in [0.2, 0.25) is 0 Å². The summed E-state index contributed by atoms with van der Waals surface area (Å²) in [5, 5.41) is 9.19. The summed E-state index contributed by atoms with van der Waals surface area (Å²) in [7, 11) is 0. The van der Waals surface area contributed by atoms with Gasteiger partial charge in [0.05, 0.1) is 12.7 Å². The van der Waals surface area contributed by atoms with Gasteiger partial charge in [0.15, 0.2) is 0 Å². The van der Waals surface area contributed by atoms with E-state index in [2.05, 4.69) is 29.2 Å². The largest absolute Gasteiger partial charge is 0.396 e. The summed E-state index contributed by atoms with van der Waals surface area (Å²) in [6.45, 7) is 4.36.